The van der Waals surface area contributed by atoms with Gasteiger partial charge in [0.1, 0.15) is 0 Å². The second-order valence-electron chi connectivity index (χ2n) is 5.49. The molecule has 0 saturated carbocycles. The Bertz CT molecular complexity index is 529. The van der Waals surface area contributed by atoms with E-state index in [1.165, 1.54) is 6.07 Å². The van der Waals surface area contributed by atoms with E-state index in [0.717, 1.165) is 18.9 Å². The monoisotopic (exact) mass is 339 g/mol. The van der Waals surface area contributed by atoms with Gasteiger partial charge in [0, 0.05) is 46.0 Å². The highest BCUT2D eigenvalue weighted by molar-refractivity contribution is 5.80. The third kappa shape index (κ3) is 5.61. The summed E-state index contributed by atoms with van der Waals surface area (Å²) in [4.78, 5) is 10.3. The van der Waals surface area contributed by atoms with E-state index in [1.54, 1.807) is 26.4 Å². The van der Waals surface area contributed by atoms with E-state index in [4.69, 9.17) is 9.47 Å². The van der Waals surface area contributed by atoms with Crippen molar-refractivity contribution < 1.29 is 13.9 Å². The van der Waals surface area contributed by atoms with Crippen LogP contribution in [0.15, 0.2) is 23.3 Å². The molecule has 1 atom stereocenters. The molecule has 7 nitrogen and oxygen atoms in total. The van der Waals surface area contributed by atoms with Crippen LogP contribution in [0, 0.1) is 5.82 Å². The largest absolute Gasteiger partial charge is 0.382 e. The molecule has 0 radical (unpaired) electrons. The van der Waals surface area contributed by atoms with Crippen molar-refractivity contribution >= 4 is 11.8 Å². The topological polar surface area (TPSA) is 71.0 Å². The number of aromatic nitrogens is 1. The molecular formula is C16H26FN5O2. The maximum Gasteiger partial charge on any atom is 0.191 e. The number of hydrogen-bond donors (Lipinski definition) is 2. The van der Waals surface area contributed by atoms with Crippen LogP contribution in [-0.4, -0.2) is 70.6 Å². The Labute approximate surface area is 142 Å². The molecule has 24 heavy (non-hydrogen) atoms. The number of aliphatic imine (C=N–C) groups is 1. The highest BCUT2D eigenvalue weighted by Gasteiger charge is 2.25. The number of nitrogens with one attached hydrogen (secondary N) is 2. The van der Waals surface area contributed by atoms with Crippen LogP contribution in [-0.2, 0) is 9.47 Å². The second kappa shape index (κ2) is 10.0. The zero-order valence-electron chi connectivity index (χ0n) is 14.3. The first kappa shape index (κ1) is 18.4. The van der Waals surface area contributed by atoms with E-state index in [9.17, 15) is 4.39 Å². The quantitative estimate of drug-likeness (QED) is 0.411. The normalized spacial score (nSPS) is 18.0. The summed E-state index contributed by atoms with van der Waals surface area (Å²) in [6.45, 7) is 3.88. The standard InChI is InChI=1S/C16H26FN5O2/c1-18-16(20-7-9-24-11-10-23-2)21-13-5-8-22(12-13)15-14(17)4-3-6-19-15/h3-4,6,13H,5,7-12H2,1-2H3,(H2,18,20,21). The van der Waals surface area contributed by atoms with Crippen molar-refractivity contribution in [3.05, 3.63) is 24.1 Å². The molecule has 1 aromatic heterocycles. The summed E-state index contributed by atoms with van der Waals surface area (Å²) >= 11 is 0. The Morgan fingerprint density at radius 2 is 2.33 bits per heavy atom. The number of rotatable bonds is 8. The minimum absolute atomic E-state index is 0.201. The Morgan fingerprint density at radius 3 is 3.08 bits per heavy atom. The van der Waals surface area contributed by atoms with Crippen molar-refractivity contribution in [2.45, 2.75) is 12.5 Å². The minimum Gasteiger partial charge on any atom is -0.382 e. The predicted molar refractivity (Wildman–Crippen MR) is 92.0 cm³/mol. The summed E-state index contributed by atoms with van der Waals surface area (Å²) < 4.78 is 24.1. The van der Waals surface area contributed by atoms with Gasteiger partial charge in [-0.05, 0) is 18.6 Å². The second-order valence-corrected chi connectivity index (χ2v) is 5.49. The Hall–Kier alpha value is -1.93. The number of halogens is 1. The number of anilines is 1. The molecule has 1 unspecified atom stereocenters. The lowest BCUT2D eigenvalue weighted by Crippen LogP contribution is -2.45. The fourth-order valence-electron chi connectivity index (χ4n) is 2.55. The Morgan fingerprint density at radius 1 is 1.46 bits per heavy atom. The van der Waals surface area contributed by atoms with Crippen LogP contribution < -0.4 is 15.5 Å². The molecule has 2 rings (SSSR count). The number of hydrogen-bond acceptors (Lipinski definition) is 5. The van der Waals surface area contributed by atoms with E-state index in [2.05, 4.69) is 20.6 Å². The van der Waals surface area contributed by atoms with Gasteiger partial charge < -0.3 is 25.0 Å². The van der Waals surface area contributed by atoms with Crippen LogP contribution in [0.5, 0.6) is 0 Å². The third-order valence-electron chi connectivity index (χ3n) is 3.76. The molecule has 8 heteroatoms. The molecule has 1 saturated heterocycles. The summed E-state index contributed by atoms with van der Waals surface area (Å²) in [5.74, 6) is 0.851. The molecule has 0 aromatic carbocycles. The van der Waals surface area contributed by atoms with E-state index in [-0.39, 0.29) is 11.9 Å². The van der Waals surface area contributed by atoms with Crippen molar-refractivity contribution in [3.63, 3.8) is 0 Å². The van der Waals surface area contributed by atoms with Crippen molar-refractivity contribution in [2.75, 3.05) is 58.5 Å². The molecule has 1 fully saturated rings. The van der Waals surface area contributed by atoms with Crippen LogP contribution in [0.3, 0.4) is 0 Å². The highest BCUT2D eigenvalue weighted by Crippen LogP contribution is 2.20. The van der Waals surface area contributed by atoms with Crippen LogP contribution in [0.2, 0.25) is 0 Å². The molecule has 2 N–H and O–H groups in total. The molecule has 2 heterocycles. The van der Waals surface area contributed by atoms with Crippen LogP contribution in [0.1, 0.15) is 6.42 Å². The van der Waals surface area contributed by atoms with Gasteiger partial charge in [0.15, 0.2) is 17.6 Å². The summed E-state index contributed by atoms with van der Waals surface area (Å²) in [5, 5.41) is 6.56. The SMILES string of the molecule is CN=C(NCCOCCOC)NC1CCN(c2ncccc2F)C1. The maximum atomic E-state index is 13.8. The average Bonchev–Trinajstić information content (AvgIpc) is 3.05. The van der Waals surface area contributed by atoms with Crippen molar-refractivity contribution in [1.82, 2.24) is 15.6 Å². The fraction of sp³-hybridized carbons (Fsp3) is 0.625. The average molecular weight is 339 g/mol. The summed E-state index contributed by atoms with van der Waals surface area (Å²) in [7, 11) is 3.38. The smallest absolute Gasteiger partial charge is 0.191 e. The number of methoxy groups -OCH3 is 1. The van der Waals surface area contributed by atoms with Gasteiger partial charge in [-0.25, -0.2) is 9.37 Å². The van der Waals surface area contributed by atoms with Gasteiger partial charge in [-0.15, -0.1) is 0 Å². The molecule has 1 aliphatic heterocycles. The van der Waals surface area contributed by atoms with Crippen molar-refractivity contribution in [1.29, 1.82) is 0 Å². The predicted octanol–water partition coefficient (Wildman–Crippen LogP) is 0.627. The first-order valence-electron chi connectivity index (χ1n) is 8.14. The summed E-state index contributed by atoms with van der Waals surface area (Å²) in [6.07, 6.45) is 2.52. The van der Waals surface area contributed by atoms with Gasteiger partial charge in [-0.1, -0.05) is 0 Å². The molecule has 1 aromatic rings. The Kier molecular flexibility index (Phi) is 7.70. The zero-order valence-corrected chi connectivity index (χ0v) is 14.3. The number of nitrogens with zero attached hydrogens (tertiary/aromatic N) is 3. The molecule has 1 aliphatic rings. The van der Waals surface area contributed by atoms with E-state index in [1.807, 2.05) is 4.90 Å². The Balaban J connectivity index is 1.72. The molecule has 134 valence electrons. The van der Waals surface area contributed by atoms with Gasteiger partial charge in [0.25, 0.3) is 0 Å². The van der Waals surface area contributed by atoms with Crippen molar-refractivity contribution in [2.24, 2.45) is 4.99 Å². The van der Waals surface area contributed by atoms with E-state index >= 15 is 0 Å². The first-order valence-corrected chi connectivity index (χ1v) is 8.14. The van der Waals surface area contributed by atoms with Gasteiger partial charge in [0.05, 0.1) is 19.8 Å². The molecule has 0 amide bonds. The van der Waals surface area contributed by atoms with Crippen LogP contribution in [0.25, 0.3) is 0 Å². The molecular weight excluding hydrogens is 313 g/mol. The summed E-state index contributed by atoms with van der Waals surface area (Å²) in [6, 6.07) is 3.24. The molecule has 0 bridgehead atoms. The number of ether oxygens (including phenoxy) is 2. The van der Waals surface area contributed by atoms with E-state index < -0.39 is 0 Å². The number of guanidine groups is 1. The first-order chi connectivity index (χ1) is 11.7. The molecule has 0 aliphatic carbocycles. The summed E-state index contributed by atoms with van der Waals surface area (Å²) in [5.41, 5.74) is 0. The van der Waals surface area contributed by atoms with Crippen LogP contribution in [0.4, 0.5) is 10.2 Å². The highest BCUT2D eigenvalue weighted by atomic mass is 19.1. The zero-order chi connectivity index (χ0) is 17.2. The number of pyridine rings is 1. The fourth-order valence-corrected chi connectivity index (χ4v) is 2.55. The lowest BCUT2D eigenvalue weighted by molar-refractivity contribution is 0.0733. The minimum atomic E-state index is -0.283. The van der Waals surface area contributed by atoms with Gasteiger partial charge in [0.2, 0.25) is 0 Å². The van der Waals surface area contributed by atoms with Crippen LogP contribution >= 0.6 is 0 Å². The lowest BCUT2D eigenvalue weighted by Gasteiger charge is -2.20. The van der Waals surface area contributed by atoms with Crippen molar-refractivity contribution in [3.8, 4) is 0 Å². The third-order valence-corrected chi connectivity index (χ3v) is 3.76. The van der Waals surface area contributed by atoms with E-state index in [0.29, 0.717) is 38.7 Å². The van der Waals surface area contributed by atoms with Gasteiger partial charge >= 0.3 is 0 Å². The molecule has 0 spiro atoms. The lowest BCUT2D eigenvalue weighted by atomic mass is 10.3. The van der Waals surface area contributed by atoms with Gasteiger partial charge in [-0.2, -0.15) is 0 Å². The van der Waals surface area contributed by atoms with Gasteiger partial charge in [-0.3, -0.25) is 4.99 Å². The maximum absolute atomic E-state index is 13.8.